The fraction of sp³-hybridized carbons (Fsp3) is 0. The van der Waals surface area contributed by atoms with Crippen molar-refractivity contribution in [1.82, 2.24) is 15.0 Å². The molecular weight excluding hydrogens is 534 g/mol. The molecule has 0 unspecified atom stereocenters. The molecule has 1 aromatic heterocycles. The Morgan fingerprint density at radius 1 is 0.273 bits per heavy atom. The summed E-state index contributed by atoms with van der Waals surface area (Å²) in [6.45, 7) is 0. The van der Waals surface area contributed by atoms with Crippen LogP contribution < -0.4 is 0 Å². The van der Waals surface area contributed by atoms with E-state index in [1.165, 1.54) is 27.1 Å². The second kappa shape index (κ2) is 11.0. The molecule has 0 saturated carbocycles. The minimum Gasteiger partial charge on any atom is -0.208 e. The molecule has 3 nitrogen and oxygen atoms in total. The van der Waals surface area contributed by atoms with Gasteiger partial charge in [0.1, 0.15) is 0 Å². The van der Waals surface area contributed by atoms with E-state index < -0.39 is 0 Å². The summed E-state index contributed by atoms with van der Waals surface area (Å²) < 4.78 is 0. The highest BCUT2D eigenvalue weighted by Gasteiger charge is 2.15. The van der Waals surface area contributed by atoms with E-state index in [1.807, 2.05) is 36.4 Å². The molecule has 0 fully saturated rings. The summed E-state index contributed by atoms with van der Waals surface area (Å²) >= 11 is 0. The lowest BCUT2D eigenvalue weighted by molar-refractivity contribution is 1.07. The minimum atomic E-state index is 0.644. The van der Waals surface area contributed by atoms with Gasteiger partial charge in [-0.1, -0.05) is 146 Å². The molecule has 0 radical (unpaired) electrons. The summed E-state index contributed by atoms with van der Waals surface area (Å²) in [6, 6.07) is 57.0. The van der Waals surface area contributed by atoms with Crippen LogP contribution in [0.5, 0.6) is 0 Å². The van der Waals surface area contributed by atoms with Crippen LogP contribution in [0.25, 0.3) is 78.0 Å². The Bertz CT molecular complexity index is 2270. The quantitative estimate of drug-likeness (QED) is 0.196. The van der Waals surface area contributed by atoms with Gasteiger partial charge in [0.05, 0.1) is 0 Å². The van der Waals surface area contributed by atoms with Gasteiger partial charge in [0.2, 0.25) is 0 Å². The van der Waals surface area contributed by atoms with Crippen molar-refractivity contribution < 1.29 is 0 Å². The highest BCUT2D eigenvalue weighted by Crippen LogP contribution is 2.36. The fourth-order valence-electron chi connectivity index (χ4n) is 5.94. The molecule has 0 atom stereocenters. The van der Waals surface area contributed by atoms with Crippen molar-refractivity contribution in [3.63, 3.8) is 0 Å². The van der Waals surface area contributed by atoms with Crippen LogP contribution in [0.4, 0.5) is 0 Å². The van der Waals surface area contributed by atoms with E-state index in [0.29, 0.717) is 17.5 Å². The molecule has 7 aromatic carbocycles. The molecule has 1 heterocycles. The second-order valence-electron chi connectivity index (χ2n) is 10.9. The van der Waals surface area contributed by atoms with Gasteiger partial charge < -0.3 is 0 Å². The number of aromatic nitrogens is 3. The van der Waals surface area contributed by atoms with Gasteiger partial charge >= 0.3 is 0 Å². The molecular formula is C41H27N3. The predicted octanol–water partition coefficient (Wildman–Crippen LogP) is 10.5. The minimum absolute atomic E-state index is 0.644. The van der Waals surface area contributed by atoms with Gasteiger partial charge in [-0.15, -0.1) is 0 Å². The van der Waals surface area contributed by atoms with Crippen LogP contribution in [0.1, 0.15) is 0 Å². The fourth-order valence-corrected chi connectivity index (χ4v) is 5.94. The average molecular weight is 562 g/mol. The van der Waals surface area contributed by atoms with Gasteiger partial charge in [-0.25, -0.2) is 15.0 Å². The number of fused-ring (bicyclic) bond motifs is 3. The third kappa shape index (κ3) is 4.81. The zero-order chi connectivity index (χ0) is 29.3. The highest BCUT2D eigenvalue weighted by molar-refractivity contribution is 6.13. The molecule has 206 valence electrons. The number of hydrogen-bond acceptors (Lipinski definition) is 3. The summed E-state index contributed by atoms with van der Waals surface area (Å²) in [6.07, 6.45) is 0. The zero-order valence-corrected chi connectivity index (χ0v) is 23.9. The Hall–Kier alpha value is -5.93. The topological polar surface area (TPSA) is 38.7 Å². The van der Waals surface area contributed by atoms with E-state index in [1.54, 1.807) is 0 Å². The summed E-state index contributed by atoms with van der Waals surface area (Å²) in [5, 5.41) is 4.95. The molecule has 0 saturated heterocycles. The summed E-state index contributed by atoms with van der Waals surface area (Å²) in [5.74, 6) is 1.94. The highest BCUT2D eigenvalue weighted by atomic mass is 15.0. The van der Waals surface area contributed by atoms with E-state index in [9.17, 15) is 0 Å². The van der Waals surface area contributed by atoms with Crippen molar-refractivity contribution in [2.45, 2.75) is 0 Å². The van der Waals surface area contributed by atoms with Gasteiger partial charge in [0.25, 0.3) is 0 Å². The van der Waals surface area contributed by atoms with Crippen molar-refractivity contribution in [3.05, 3.63) is 164 Å². The Morgan fingerprint density at radius 2 is 0.727 bits per heavy atom. The van der Waals surface area contributed by atoms with Crippen LogP contribution >= 0.6 is 0 Å². The van der Waals surface area contributed by atoms with Crippen molar-refractivity contribution in [3.8, 4) is 56.4 Å². The van der Waals surface area contributed by atoms with Crippen molar-refractivity contribution in [1.29, 1.82) is 0 Å². The lowest BCUT2D eigenvalue weighted by Gasteiger charge is -2.13. The average Bonchev–Trinajstić information content (AvgIpc) is 3.12. The normalized spacial score (nSPS) is 11.2. The predicted molar refractivity (Wildman–Crippen MR) is 182 cm³/mol. The van der Waals surface area contributed by atoms with Gasteiger partial charge in [-0.2, -0.15) is 0 Å². The maximum Gasteiger partial charge on any atom is 0.164 e. The standard InChI is InChI=1S/C41H27N3/c1-3-13-28(14-4-1)30-18-11-20-33(25-30)40-42-39(29-15-5-2-6-16-29)43-41(44-40)34-21-12-19-31(26-34)38-27-32-17-7-8-22-35(32)36-23-9-10-24-37(36)38/h1-27H. The smallest absolute Gasteiger partial charge is 0.164 e. The van der Waals surface area contributed by atoms with Crippen molar-refractivity contribution >= 4 is 21.5 Å². The summed E-state index contributed by atoms with van der Waals surface area (Å²) in [7, 11) is 0. The van der Waals surface area contributed by atoms with Crippen LogP contribution in [-0.4, -0.2) is 15.0 Å². The molecule has 0 amide bonds. The van der Waals surface area contributed by atoms with E-state index in [4.69, 9.17) is 15.0 Å². The number of hydrogen-bond donors (Lipinski definition) is 0. The first-order valence-electron chi connectivity index (χ1n) is 14.8. The molecule has 0 aliphatic heterocycles. The van der Waals surface area contributed by atoms with Gasteiger partial charge in [0, 0.05) is 16.7 Å². The molecule has 0 spiro atoms. The third-order valence-electron chi connectivity index (χ3n) is 8.10. The van der Waals surface area contributed by atoms with E-state index in [2.05, 4.69) is 127 Å². The van der Waals surface area contributed by atoms with Crippen molar-refractivity contribution in [2.75, 3.05) is 0 Å². The third-order valence-corrected chi connectivity index (χ3v) is 8.10. The molecule has 3 heteroatoms. The monoisotopic (exact) mass is 561 g/mol. The van der Waals surface area contributed by atoms with Crippen LogP contribution in [0.2, 0.25) is 0 Å². The Labute approximate surface area is 256 Å². The second-order valence-corrected chi connectivity index (χ2v) is 10.9. The molecule has 0 aliphatic carbocycles. The first kappa shape index (κ1) is 25.8. The van der Waals surface area contributed by atoms with Gasteiger partial charge in [-0.3, -0.25) is 0 Å². The van der Waals surface area contributed by atoms with Crippen LogP contribution in [0, 0.1) is 0 Å². The first-order chi connectivity index (χ1) is 21.8. The van der Waals surface area contributed by atoms with E-state index in [0.717, 1.165) is 33.4 Å². The van der Waals surface area contributed by atoms with E-state index >= 15 is 0 Å². The first-order valence-corrected chi connectivity index (χ1v) is 14.8. The van der Waals surface area contributed by atoms with Crippen molar-refractivity contribution in [2.24, 2.45) is 0 Å². The molecule has 8 rings (SSSR count). The Balaban J connectivity index is 1.29. The Morgan fingerprint density at radius 3 is 1.41 bits per heavy atom. The molecule has 0 bridgehead atoms. The van der Waals surface area contributed by atoms with Crippen LogP contribution in [0.15, 0.2) is 164 Å². The van der Waals surface area contributed by atoms with E-state index in [-0.39, 0.29) is 0 Å². The maximum absolute atomic E-state index is 5.06. The number of benzene rings is 7. The maximum atomic E-state index is 5.06. The number of rotatable bonds is 5. The lowest BCUT2D eigenvalue weighted by Crippen LogP contribution is -2.00. The summed E-state index contributed by atoms with van der Waals surface area (Å²) in [5.41, 5.74) is 7.43. The lowest BCUT2D eigenvalue weighted by atomic mass is 9.92. The SMILES string of the molecule is c1ccc(-c2cccc(-c3nc(-c4ccccc4)nc(-c4cccc(-c5cc6ccccc6c6ccccc56)c4)n3)c2)cc1. The molecule has 44 heavy (non-hydrogen) atoms. The zero-order valence-electron chi connectivity index (χ0n) is 23.9. The summed E-state index contributed by atoms with van der Waals surface area (Å²) in [4.78, 5) is 15.0. The van der Waals surface area contributed by atoms with Gasteiger partial charge in [0.15, 0.2) is 17.5 Å². The van der Waals surface area contributed by atoms with Crippen LogP contribution in [0.3, 0.4) is 0 Å². The number of nitrogens with zero attached hydrogens (tertiary/aromatic N) is 3. The largest absolute Gasteiger partial charge is 0.208 e. The molecule has 0 N–H and O–H groups in total. The molecule has 0 aliphatic rings. The van der Waals surface area contributed by atoms with Gasteiger partial charge in [-0.05, 0) is 62.0 Å². The molecule has 8 aromatic rings. The Kier molecular flexibility index (Phi) is 6.47. The van der Waals surface area contributed by atoms with Crippen LogP contribution in [-0.2, 0) is 0 Å².